The average Bonchev–Trinajstić information content (AvgIpc) is 3.17. The van der Waals surface area contributed by atoms with Crippen LogP contribution < -0.4 is 4.74 Å². The van der Waals surface area contributed by atoms with Crippen LogP contribution in [0.25, 0.3) is 11.5 Å². The molecule has 0 saturated carbocycles. The maximum absolute atomic E-state index is 12.9. The molecule has 9 heteroatoms. The Balaban J connectivity index is 1.74. The van der Waals surface area contributed by atoms with Crippen molar-refractivity contribution in [2.24, 2.45) is 0 Å². The van der Waals surface area contributed by atoms with Crippen LogP contribution in [0.15, 0.2) is 47.0 Å². The number of amides is 1. The number of alkyl halides is 2. The van der Waals surface area contributed by atoms with Crippen molar-refractivity contribution in [2.75, 3.05) is 7.05 Å². The van der Waals surface area contributed by atoms with Gasteiger partial charge in [0.15, 0.2) is 0 Å². The number of benzene rings is 1. The highest BCUT2D eigenvalue weighted by atomic mass is 19.3. The van der Waals surface area contributed by atoms with Crippen LogP contribution in [0, 0.1) is 0 Å². The Kier molecular flexibility index (Phi) is 3.87. The fourth-order valence-electron chi connectivity index (χ4n) is 2.88. The molecule has 0 radical (unpaired) electrons. The molecule has 0 fully saturated rings. The molecule has 138 valence electrons. The van der Waals surface area contributed by atoms with E-state index < -0.39 is 18.0 Å². The average molecular weight is 372 g/mol. The van der Waals surface area contributed by atoms with Gasteiger partial charge in [0, 0.05) is 25.7 Å². The summed E-state index contributed by atoms with van der Waals surface area (Å²) in [6.07, 6.45) is -1.24. The van der Waals surface area contributed by atoms with Gasteiger partial charge in [-0.2, -0.15) is 8.78 Å². The van der Waals surface area contributed by atoms with E-state index in [0.717, 1.165) is 0 Å². The molecular weight excluding hydrogens is 358 g/mol. The second-order valence-corrected chi connectivity index (χ2v) is 6.12. The first-order valence-electron chi connectivity index (χ1n) is 8.05. The number of pyridine rings is 1. The first kappa shape index (κ1) is 17.1. The Morgan fingerprint density at radius 3 is 2.67 bits per heavy atom. The van der Waals surface area contributed by atoms with Crippen LogP contribution in [0.1, 0.15) is 35.3 Å². The third kappa shape index (κ3) is 2.71. The molecule has 0 bridgehead atoms. The van der Waals surface area contributed by atoms with Crippen molar-refractivity contribution < 1.29 is 22.7 Å². The smallest absolute Gasteiger partial charge is 0.314 e. The van der Waals surface area contributed by atoms with Crippen LogP contribution in [-0.2, 0) is 5.72 Å². The maximum atomic E-state index is 12.9. The number of aromatic nitrogens is 3. The molecule has 1 aliphatic heterocycles. The van der Waals surface area contributed by atoms with Crippen LogP contribution in [0.2, 0.25) is 0 Å². The molecule has 3 heterocycles. The third-order valence-electron chi connectivity index (χ3n) is 4.48. The number of carbonyl (C=O) groups is 1. The number of nitrogens with zero attached hydrogens (tertiary/aromatic N) is 4. The fraction of sp³-hybridized carbons (Fsp3) is 0.222. The summed E-state index contributed by atoms with van der Waals surface area (Å²) in [5.41, 5.74) is 0.106. The summed E-state index contributed by atoms with van der Waals surface area (Å²) in [6, 6.07) is 9.98. The van der Waals surface area contributed by atoms with E-state index in [9.17, 15) is 13.6 Å². The second kappa shape index (κ2) is 6.11. The van der Waals surface area contributed by atoms with Gasteiger partial charge in [0.2, 0.25) is 11.6 Å². The summed E-state index contributed by atoms with van der Waals surface area (Å²) < 4.78 is 36.3. The standard InChI is InChI=1S/C18H14F2N4O3/c1-18(13-5-3-4-8-21-13)24(2)17(25)11-9-10(6-7-12(11)27-18)15-22-23-16(26-15)14(19)20/h3-9,14H,1-2H3. The number of halogens is 2. The van der Waals surface area contributed by atoms with Crippen LogP contribution in [0.5, 0.6) is 5.75 Å². The Morgan fingerprint density at radius 2 is 2.00 bits per heavy atom. The zero-order chi connectivity index (χ0) is 19.2. The monoisotopic (exact) mass is 372 g/mol. The largest absolute Gasteiger partial charge is 0.461 e. The lowest BCUT2D eigenvalue weighted by molar-refractivity contribution is -0.0586. The van der Waals surface area contributed by atoms with Gasteiger partial charge in [-0.15, -0.1) is 10.2 Å². The van der Waals surface area contributed by atoms with Crippen molar-refractivity contribution in [1.82, 2.24) is 20.1 Å². The maximum Gasteiger partial charge on any atom is 0.314 e. The summed E-state index contributed by atoms with van der Waals surface area (Å²) in [6.45, 7) is 1.75. The lowest BCUT2D eigenvalue weighted by Gasteiger charge is -2.42. The number of hydrogen-bond donors (Lipinski definition) is 0. The number of rotatable bonds is 3. The van der Waals surface area contributed by atoms with Crippen molar-refractivity contribution in [3.63, 3.8) is 0 Å². The van der Waals surface area contributed by atoms with Gasteiger partial charge in [-0.05, 0) is 30.3 Å². The Bertz CT molecular complexity index is 1010. The van der Waals surface area contributed by atoms with Crippen molar-refractivity contribution in [1.29, 1.82) is 0 Å². The van der Waals surface area contributed by atoms with Crippen LogP contribution in [0.4, 0.5) is 8.78 Å². The minimum Gasteiger partial charge on any atom is -0.461 e. The molecule has 4 rings (SSSR count). The molecule has 1 atom stereocenters. The highest BCUT2D eigenvalue weighted by molar-refractivity contribution is 5.99. The molecular formula is C18H14F2N4O3. The van der Waals surface area contributed by atoms with E-state index >= 15 is 0 Å². The molecule has 0 N–H and O–H groups in total. The lowest BCUT2D eigenvalue weighted by Crippen LogP contribution is -2.52. The summed E-state index contributed by atoms with van der Waals surface area (Å²) in [5.74, 6) is -0.824. The van der Waals surface area contributed by atoms with Crippen molar-refractivity contribution in [2.45, 2.75) is 19.1 Å². The lowest BCUT2D eigenvalue weighted by atomic mass is 10.0. The highest BCUT2D eigenvalue weighted by Crippen LogP contribution is 2.39. The SMILES string of the molecule is CN1C(=O)c2cc(-c3nnc(C(F)F)o3)ccc2OC1(C)c1ccccn1. The predicted octanol–water partition coefficient (Wildman–Crippen LogP) is 3.41. The van der Waals surface area contributed by atoms with Crippen molar-refractivity contribution >= 4 is 5.91 Å². The predicted molar refractivity (Wildman–Crippen MR) is 89.0 cm³/mol. The van der Waals surface area contributed by atoms with E-state index in [2.05, 4.69) is 15.2 Å². The molecule has 2 aromatic heterocycles. The van der Waals surface area contributed by atoms with Gasteiger partial charge < -0.3 is 9.15 Å². The summed E-state index contributed by atoms with van der Waals surface area (Å²) >= 11 is 0. The van der Waals surface area contributed by atoms with Gasteiger partial charge in [0.05, 0.1) is 5.56 Å². The zero-order valence-electron chi connectivity index (χ0n) is 14.4. The highest BCUT2D eigenvalue weighted by Gasteiger charge is 2.43. The second-order valence-electron chi connectivity index (χ2n) is 6.12. The van der Waals surface area contributed by atoms with Gasteiger partial charge in [-0.1, -0.05) is 6.07 Å². The molecule has 1 amide bonds. The third-order valence-corrected chi connectivity index (χ3v) is 4.48. The van der Waals surface area contributed by atoms with Crippen LogP contribution in [-0.4, -0.2) is 33.0 Å². The van der Waals surface area contributed by atoms with E-state index in [1.165, 1.54) is 11.0 Å². The zero-order valence-corrected chi connectivity index (χ0v) is 14.4. The Morgan fingerprint density at radius 1 is 1.19 bits per heavy atom. The van der Waals surface area contributed by atoms with E-state index in [1.807, 2.05) is 6.07 Å². The van der Waals surface area contributed by atoms with E-state index in [4.69, 9.17) is 9.15 Å². The number of fused-ring (bicyclic) bond motifs is 1. The van der Waals surface area contributed by atoms with Gasteiger partial charge in [0.25, 0.3) is 11.8 Å². The summed E-state index contributed by atoms with van der Waals surface area (Å²) in [5, 5.41) is 6.90. The normalized spacial score (nSPS) is 19.1. The molecule has 1 unspecified atom stereocenters. The van der Waals surface area contributed by atoms with Crippen molar-refractivity contribution in [3.8, 4) is 17.2 Å². The number of hydrogen-bond acceptors (Lipinski definition) is 6. The van der Waals surface area contributed by atoms with Gasteiger partial charge in [-0.3, -0.25) is 14.7 Å². The van der Waals surface area contributed by atoms with E-state index in [0.29, 0.717) is 17.0 Å². The molecule has 0 saturated heterocycles. The van der Waals surface area contributed by atoms with Gasteiger partial charge in [-0.25, -0.2) is 0 Å². The first-order chi connectivity index (χ1) is 12.9. The topological polar surface area (TPSA) is 81.4 Å². The minimum absolute atomic E-state index is 0.0957. The summed E-state index contributed by atoms with van der Waals surface area (Å²) in [7, 11) is 1.61. The molecule has 27 heavy (non-hydrogen) atoms. The Labute approximate surface area is 152 Å². The number of ether oxygens (including phenoxy) is 1. The van der Waals surface area contributed by atoms with Gasteiger partial charge >= 0.3 is 6.43 Å². The first-order valence-corrected chi connectivity index (χ1v) is 8.05. The molecule has 1 aromatic carbocycles. The molecule has 0 spiro atoms. The minimum atomic E-state index is -2.86. The van der Waals surface area contributed by atoms with Crippen molar-refractivity contribution in [3.05, 3.63) is 59.7 Å². The van der Waals surface area contributed by atoms with Crippen LogP contribution in [0.3, 0.4) is 0 Å². The molecule has 1 aliphatic rings. The van der Waals surface area contributed by atoms with Gasteiger partial charge in [0.1, 0.15) is 11.4 Å². The number of carbonyl (C=O) groups excluding carboxylic acids is 1. The van der Waals surface area contributed by atoms with E-state index in [1.54, 1.807) is 44.4 Å². The van der Waals surface area contributed by atoms with Crippen LogP contribution >= 0.6 is 0 Å². The quantitative estimate of drug-likeness (QED) is 0.701. The summed E-state index contributed by atoms with van der Waals surface area (Å²) in [4.78, 5) is 18.7. The fourth-order valence-corrected chi connectivity index (χ4v) is 2.88. The molecule has 7 nitrogen and oxygen atoms in total. The molecule has 0 aliphatic carbocycles. The molecule has 3 aromatic rings. The Hall–Kier alpha value is -3.36. The van der Waals surface area contributed by atoms with E-state index in [-0.39, 0.29) is 17.4 Å².